The summed E-state index contributed by atoms with van der Waals surface area (Å²) in [6, 6.07) is 0. The van der Waals surface area contributed by atoms with Gasteiger partial charge >= 0.3 is 0 Å². The Balaban J connectivity index is 2.91. The first-order valence-corrected chi connectivity index (χ1v) is 3.55. The number of aromatic nitrogens is 2. The normalized spacial score (nSPS) is 11.6. The highest BCUT2D eigenvalue weighted by Crippen LogP contribution is 2.09. The standard InChI is InChI=1S/C6H8N4OS/c7-4-2-9-10(3-4)6(12)1-5(8)11/h1-3,12H,7H2,(H2,8,11)/b6-1-. The third-order valence-corrected chi connectivity index (χ3v) is 1.44. The number of carbonyl (C=O) groups excluding carboxylic acids is 1. The summed E-state index contributed by atoms with van der Waals surface area (Å²) >= 11 is 3.98. The van der Waals surface area contributed by atoms with Crippen LogP contribution in [-0.2, 0) is 4.79 Å². The molecular weight excluding hydrogens is 176 g/mol. The fraction of sp³-hybridized carbons (Fsp3) is 0. The largest absolute Gasteiger partial charge is 0.396 e. The van der Waals surface area contributed by atoms with E-state index in [9.17, 15) is 4.79 Å². The molecule has 0 saturated heterocycles. The molecule has 0 saturated carbocycles. The molecule has 0 fully saturated rings. The van der Waals surface area contributed by atoms with Gasteiger partial charge in [0.1, 0.15) is 5.03 Å². The molecule has 5 nitrogen and oxygen atoms in total. The molecule has 0 aliphatic carbocycles. The zero-order valence-corrected chi connectivity index (χ0v) is 7.03. The van der Waals surface area contributed by atoms with E-state index in [1.807, 2.05) is 0 Å². The summed E-state index contributed by atoms with van der Waals surface area (Å²) in [4.78, 5) is 10.4. The van der Waals surface area contributed by atoms with Gasteiger partial charge in [0.05, 0.1) is 18.1 Å². The predicted octanol–water partition coefficient (Wildman–Crippen LogP) is -0.321. The van der Waals surface area contributed by atoms with E-state index < -0.39 is 5.91 Å². The fourth-order valence-corrected chi connectivity index (χ4v) is 0.892. The third kappa shape index (κ3) is 2.03. The van der Waals surface area contributed by atoms with E-state index >= 15 is 0 Å². The lowest BCUT2D eigenvalue weighted by Gasteiger charge is -1.96. The Morgan fingerprint density at radius 3 is 2.83 bits per heavy atom. The van der Waals surface area contributed by atoms with Gasteiger partial charge in [-0.2, -0.15) is 5.10 Å². The SMILES string of the molecule is NC(=O)/C=C(\S)n1cc(N)cn1. The maximum atomic E-state index is 10.4. The van der Waals surface area contributed by atoms with Gasteiger partial charge < -0.3 is 11.5 Å². The Labute approximate surface area is 74.4 Å². The molecule has 0 spiro atoms. The van der Waals surface area contributed by atoms with Crippen LogP contribution in [0.15, 0.2) is 18.5 Å². The second-order valence-electron chi connectivity index (χ2n) is 2.12. The average molecular weight is 184 g/mol. The average Bonchev–Trinajstić information content (AvgIpc) is 2.34. The Morgan fingerprint density at radius 1 is 1.75 bits per heavy atom. The van der Waals surface area contributed by atoms with Gasteiger partial charge in [-0.1, -0.05) is 0 Å². The number of nitrogen functional groups attached to an aromatic ring is 1. The second-order valence-corrected chi connectivity index (χ2v) is 2.58. The molecule has 4 N–H and O–H groups in total. The Morgan fingerprint density at radius 2 is 2.42 bits per heavy atom. The van der Waals surface area contributed by atoms with Crippen molar-refractivity contribution in [3.63, 3.8) is 0 Å². The van der Waals surface area contributed by atoms with Gasteiger partial charge in [0.15, 0.2) is 0 Å². The van der Waals surface area contributed by atoms with Gasteiger partial charge in [-0.15, -0.1) is 12.6 Å². The van der Waals surface area contributed by atoms with Gasteiger partial charge in [-0.05, 0) is 0 Å². The van der Waals surface area contributed by atoms with E-state index in [2.05, 4.69) is 17.7 Å². The molecule has 0 radical (unpaired) electrons. The van der Waals surface area contributed by atoms with Crippen LogP contribution in [0, 0.1) is 0 Å². The number of primary amides is 1. The van der Waals surface area contributed by atoms with E-state index in [4.69, 9.17) is 11.5 Å². The fourth-order valence-electron chi connectivity index (χ4n) is 0.655. The molecule has 64 valence electrons. The maximum absolute atomic E-state index is 10.4. The van der Waals surface area contributed by atoms with Crippen LogP contribution in [0.1, 0.15) is 0 Å². The van der Waals surface area contributed by atoms with Crippen LogP contribution in [0.25, 0.3) is 5.03 Å². The molecule has 0 bridgehead atoms. The predicted molar refractivity (Wildman–Crippen MR) is 49.1 cm³/mol. The molecule has 1 aromatic heterocycles. The lowest BCUT2D eigenvalue weighted by atomic mass is 10.6. The summed E-state index contributed by atoms with van der Waals surface area (Å²) in [5, 5.41) is 4.14. The highest BCUT2D eigenvalue weighted by molar-refractivity contribution is 7.90. The summed E-state index contributed by atoms with van der Waals surface area (Å²) in [7, 11) is 0. The Kier molecular flexibility index (Phi) is 2.39. The van der Waals surface area contributed by atoms with Crippen molar-refractivity contribution < 1.29 is 4.79 Å². The van der Waals surface area contributed by atoms with Crippen LogP contribution in [0.3, 0.4) is 0 Å². The van der Waals surface area contributed by atoms with E-state index in [0.717, 1.165) is 6.08 Å². The molecule has 0 aromatic carbocycles. The van der Waals surface area contributed by atoms with Crippen molar-refractivity contribution in [2.24, 2.45) is 5.73 Å². The molecule has 0 unspecified atom stereocenters. The monoisotopic (exact) mass is 184 g/mol. The van der Waals surface area contributed by atoms with Crippen LogP contribution in [0.2, 0.25) is 0 Å². The van der Waals surface area contributed by atoms with Gasteiger partial charge in [-0.3, -0.25) is 4.79 Å². The third-order valence-electron chi connectivity index (χ3n) is 1.11. The van der Waals surface area contributed by atoms with Gasteiger partial charge in [0.2, 0.25) is 5.91 Å². The minimum atomic E-state index is -0.575. The van der Waals surface area contributed by atoms with E-state index in [0.29, 0.717) is 10.7 Å². The first-order chi connectivity index (χ1) is 5.59. The minimum absolute atomic E-state index is 0.333. The smallest absolute Gasteiger partial charge is 0.244 e. The summed E-state index contributed by atoms with van der Waals surface area (Å²) in [5.41, 5.74) is 10.8. The molecule has 0 atom stereocenters. The zero-order chi connectivity index (χ0) is 9.14. The highest BCUT2D eigenvalue weighted by atomic mass is 32.1. The molecule has 0 aliphatic rings. The van der Waals surface area contributed by atoms with Gasteiger partial charge in [0.25, 0.3) is 0 Å². The van der Waals surface area contributed by atoms with Crippen LogP contribution >= 0.6 is 12.6 Å². The molecule has 1 heterocycles. The van der Waals surface area contributed by atoms with Crippen molar-refractivity contribution in [2.75, 3.05) is 5.73 Å². The van der Waals surface area contributed by atoms with E-state index in [-0.39, 0.29) is 0 Å². The van der Waals surface area contributed by atoms with Crippen molar-refractivity contribution in [3.8, 4) is 0 Å². The first-order valence-electron chi connectivity index (χ1n) is 3.10. The number of nitrogens with two attached hydrogens (primary N) is 2. The summed E-state index contributed by atoms with van der Waals surface area (Å²) < 4.78 is 1.35. The topological polar surface area (TPSA) is 86.9 Å². The number of amides is 1. The highest BCUT2D eigenvalue weighted by Gasteiger charge is 1.98. The van der Waals surface area contributed by atoms with Crippen molar-refractivity contribution >= 4 is 29.3 Å². The Bertz CT molecular complexity index is 330. The van der Waals surface area contributed by atoms with E-state index in [1.165, 1.54) is 17.1 Å². The molecule has 0 aliphatic heterocycles. The van der Waals surface area contributed by atoms with E-state index in [1.54, 1.807) is 0 Å². The van der Waals surface area contributed by atoms with Gasteiger partial charge in [-0.25, -0.2) is 4.68 Å². The molecular formula is C6H8N4OS. The lowest BCUT2D eigenvalue weighted by Crippen LogP contribution is -2.07. The number of hydrogen-bond acceptors (Lipinski definition) is 4. The summed E-state index contributed by atoms with van der Waals surface area (Å²) in [5.74, 6) is -0.575. The maximum Gasteiger partial charge on any atom is 0.244 e. The quantitative estimate of drug-likeness (QED) is 0.435. The van der Waals surface area contributed by atoms with Gasteiger partial charge in [0, 0.05) is 6.08 Å². The zero-order valence-electron chi connectivity index (χ0n) is 6.14. The number of thiol groups is 1. The van der Waals surface area contributed by atoms with Crippen LogP contribution in [0.5, 0.6) is 0 Å². The second kappa shape index (κ2) is 3.31. The van der Waals surface area contributed by atoms with Crippen LogP contribution in [-0.4, -0.2) is 15.7 Å². The number of carbonyl (C=O) groups is 1. The number of anilines is 1. The summed E-state index contributed by atoms with van der Waals surface area (Å²) in [6.07, 6.45) is 4.13. The number of nitrogens with zero attached hydrogens (tertiary/aromatic N) is 2. The first kappa shape index (κ1) is 8.66. The lowest BCUT2D eigenvalue weighted by molar-refractivity contribution is -0.113. The van der Waals surface area contributed by atoms with Crippen molar-refractivity contribution in [2.45, 2.75) is 0 Å². The molecule has 12 heavy (non-hydrogen) atoms. The Hall–Kier alpha value is -1.43. The van der Waals surface area contributed by atoms with Crippen LogP contribution in [0.4, 0.5) is 5.69 Å². The van der Waals surface area contributed by atoms with Crippen molar-refractivity contribution in [1.82, 2.24) is 9.78 Å². The van der Waals surface area contributed by atoms with Crippen molar-refractivity contribution in [3.05, 3.63) is 18.5 Å². The number of hydrogen-bond donors (Lipinski definition) is 3. The molecule has 6 heteroatoms. The molecule has 1 rings (SSSR count). The van der Waals surface area contributed by atoms with Crippen molar-refractivity contribution in [1.29, 1.82) is 0 Å². The van der Waals surface area contributed by atoms with Crippen LogP contribution < -0.4 is 11.5 Å². The summed E-state index contributed by atoms with van der Waals surface area (Å²) in [6.45, 7) is 0. The minimum Gasteiger partial charge on any atom is -0.396 e. The molecule has 1 aromatic rings. The number of rotatable bonds is 2. The molecule has 1 amide bonds.